The molecule has 0 amide bonds. The van der Waals surface area contributed by atoms with Crippen LogP contribution in [0.15, 0.2) is 22.7 Å². The Bertz CT molecular complexity index is 432. The number of hydrogen-bond acceptors (Lipinski definition) is 3. The molecule has 2 aliphatic rings. The zero-order valence-corrected chi connectivity index (χ0v) is 11.9. The Hall–Kier alpha value is -0.580. The van der Waals surface area contributed by atoms with Crippen molar-refractivity contribution in [2.75, 3.05) is 13.2 Å². The molecule has 98 valence electrons. The maximum Gasteiger partial charge on any atom is 0.124 e. The van der Waals surface area contributed by atoms with Crippen molar-refractivity contribution in [3.8, 4) is 5.75 Å². The van der Waals surface area contributed by atoms with Crippen LogP contribution >= 0.6 is 15.9 Å². The van der Waals surface area contributed by atoms with E-state index in [0.29, 0.717) is 5.92 Å². The molecule has 1 saturated heterocycles. The van der Waals surface area contributed by atoms with Crippen molar-refractivity contribution < 1.29 is 9.47 Å². The zero-order chi connectivity index (χ0) is 12.5. The Morgan fingerprint density at radius 3 is 3.00 bits per heavy atom. The summed E-state index contributed by atoms with van der Waals surface area (Å²) in [5.74, 6) is 1.43. The molecule has 1 aromatic rings. The molecule has 0 radical (unpaired) electrons. The van der Waals surface area contributed by atoms with Crippen molar-refractivity contribution in [2.24, 2.45) is 11.7 Å². The summed E-state index contributed by atoms with van der Waals surface area (Å²) >= 11 is 3.48. The van der Waals surface area contributed by atoms with Gasteiger partial charge in [0, 0.05) is 35.0 Å². The van der Waals surface area contributed by atoms with Crippen molar-refractivity contribution >= 4 is 15.9 Å². The molecule has 0 bridgehead atoms. The number of hydrogen-bond donors (Lipinski definition) is 1. The van der Waals surface area contributed by atoms with Gasteiger partial charge in [-0.15, -0.1) is 0 Å². The van der Waals surface area contributed by atoms with Crippen LogP contribution in [0.1, 0.15) is 30.9 Å². The Labute approximate surface area is 116 Å². The fourth-order valence-corrected chi connectivity index (χ4v) is 3.23. The van der Waals surface area contributed by atoms with Crippen LogP contribution in [0, 0.1) is 5.92 Å². The van der Waals surface area contributed by atoms with E-state index in [2.05, 4.69) is 22.0 Å². The first-order valence-electron chi connectivity index (χ1n) is 6.53. The first-order chi connectivity index (χ1) is 8.74. The van der Waals surface area contributed by atoms with E-state index < -0.39 is 0 Å². The summed E-state index contributed by atoms with van der Waals surface area (Å²) in [5, 5.41) is 0. The van der Waals surface area contributed by atoms with E-state index in [1.165, 1.54) is 6.42 Å². The second-order valence-corrected chi connectivity index (χ2v) is 6.07. The molecule has 3 rings (SSSR count). The van der Waals surface area contributed by atoms with Gasteiger partial charge in [0.15, 0.2) is 0 Å². The van der Waals surface area contributed by atoms with Crippen molar-refractivity contribution in [1.29, 1.82) is 0 Å². The lowest BCUT2D eigenvalue weighted by atomic mass is 9.87. The first-order valence-corrected chi connectivity index (χ1v) is 7.33. The summed E-state index contributed by atoms with van der Waals surface area (Å²) in [6.07, 6.45) is 3.40. The van der Waals surface area contributed by atoms with E-state index in [1.807, 2.05) is 12.1 Å². The van der Waals surface area contributed by atoms with Gasteiger partial charge in [-0.3, -0.25) is 0 Å². The van der Waals surface area contributed by atoms with Crippen LogP contribution in [-0.2, 0) is 4.74 Å². The normalized spacial score (nSPS) is 31.6. The monoisotopic (exact) mass is 311 g/mol. The van der Waals surface area contributed by atoms with Crippen LogP contribution in [0.5, 0.6) is 5.75 Å². The maximum atomic E-state index is 6.27. The van der Waals surface area contributed by atoms with Gasteiger partial charge >= 0.3 is 0 Å². The number of rotatable bonds is 1. The Kier molecular flexibility index (Phi) is 3.59. The summed E-state index contributed by atoms with van der Waals surface area (Å²) in [4.78, 5) is 0. The third-order valence-electron chi connectivity index (χ3n) is 3.86. The van der Waals surface area contributed by atoms with E-state index in [9.17, 15) is 0 Å². The summed E-state index contributed by atoms with van der Waals surface area (Å²) < 4.78 is 12.7. The highest BCUT2D eigenvalue weighted by Crippen LogP contribution is 2.38. The number of benzene rings is 1. The second kappa shape index (κ2) is 5.19. The summed E-state index contributed by atoms with van der Waals surface area (Å²) in [6.45, 7) is 1.70. The summed E-state index contributed by atoms with van der Waals surface area (Å²) in [5.41, 5.74) is 7.38. The SMILES string of the molecule is N[C@H]1CC(C2CCCOC2)Oc2ccc(Br)cc21. The predicted octanol–water partition coefficient (Wildman–Crippen LogP) is 3.03. The Balaban J connectivity index is 1.80. The highest BCUT2D eigenvalue weighted by atomic mass is 79.9. The summed E-state index contributed by atoms with van der Waals surface area (Å²) in [7, 11) is 0. The molecule has 18 heavy (non-hydrogen) atoms. The molecule has 2 aliphatic heterocycles. The highest BCUT2D eigenvalue weighted by Gasteiger charge is 2.32. The first kappa shape index (κ1) is 12.5. The predicted molar refractivity (Wildman–Crippen MR) is 73.6 cm³/mol. The van der Waals surface area contributed by atoms with Crippen molar-refractivity contribution in [3.05, 3.63) is 28.2 Å². The van der Waals surface area contributed by atoms with Gasteiger partial charge in [-0.1, -0.05) is 15.9 Å². The maximum absolute atomic E-state index is 6.27. The third-order valence-corrected chi connectivity index (χ3v) is 4.35. The molecule has 0 spiro atoms. The van der Waals surface area contributed by atoms with E-state index in [0.717, 1.165) is 41.8 Å². The van der Waals surface area contributed by atoms with Gasteiger partial charge < -0.3 is 15.2 Å². The number of ether oxygens (including phenoxy) is 2. The zero-order valence-electron chi connectivity index (χ0n) is 10.3. The average Bonchev–Trinajstić information content (AvgIpc) is 2.40. The molecule has 2 heterocycles. The topological polar surface area (TPSA) is 44.5 Å². The largest absolute Gasteiger partial charge is 0.490 e. The standard InChI is InChI=1S/C14H18BrNO2/c15-10-3-4-13-11(6-10)12(16)7-14(18-13)9-2-1-5-17-8-9/h3-4,6,9,12,14H,1-2,5,7-8,16H2/t9?,12-,14?/m0/s1. The third kappa shape index (κ3) is 2.42. The lowest BCUT2D eigenvalue weighted by molar-refractivity contribution is -0.00924. The van der Waals surface area contributed by atoms with Crippen LogP contribution in [-0.4, -0.2) is 19.3 Å². The van der Waals surface area contributed by atoms with Gasteiger partial charge in [0.1, 0.15) is 11.9 Å². The summed E-state index contributed by atoms with van der Waals surface area (Å²) in [6, 6.07) is 6.15. The molecule has 0 aromatic heterocycles. The molecular weight excluding hydrogens is 294 g/mol. The minimum absolute atomic E-state index is 0.0678. The van der Waals surface area contributed by atoms with E-state index in [4.69, 9.17) is 15.2 Å². The molecule has 1 aromatic carbocycles. The number of fused-ring (bicyclic) bond motifs is 1. The Morgan fingerprint density at radius 2 is 2.22 bits per heavy atom. The van der Waals surface area contributed by atoms with Gasteiger partial charge in [0.05, 0.1) is 6.61 Å². The van der Waals surface area contributed by atoms with Crippen LogP contribution in [0.2, 0.25) is 0 Å². The smallest absolute Gasteiger partial charge is 0.124 e. The van der Waals surface area contributed by atoms with Crippen molar-refractivity contribution in [3.63, 3.8) is 0 Å². The fraction of sp³-hybridized carbons (Fsp3) is 0.571. The van der Waals surface area contributed by atoms with Crippen LogP contribution in [0.3, 0.4) is 0 Å². The lowest BCUT2D eigenvalue weighted by Gasteiger charge is -2.36. The molecule has 3 nitrogen and oxygen atoms in total. The van der Waals surface area contributed by atoms with Gasteiger partial charge in [0.2, 0.25) is 0 Å². The molecular formula is C14H18BrNO2. The molecule has 3 atom stereocenters. The minimum atomic E-state index is 0.0678. The van der Waals surface area contributed by atoms with Crippen LogP contribution in [0.25, 0.3) is 0 Å². The molecule has 2 unspecified atom stereocenters. The lowest BCUT2D eigenvalue weighted by Crippen LogP contribution is -2.38. The van der Waals surface area contributed by atoms with Gasteiger partial charge in [-0.25, -0.2) is 0 Å². The van der Waals surface area contributed by atoms with E-state index in [-0.39, 0.29) is 12.1 Å². The van der Waals surface area contributed by atoms with Crippen LogP contribution in [0.4, 0.5) is 0 Å². The second-order valence-electron chi connectivity index (χ2n) is 5.16. The molecule has 1 fully saturated rings. The molecule has 0 aliphatic carbocycles. The van der Waals surface area contributed by atoms with E-state index in [1.54, 1.807) is 0 Å². The van der Waals surface area contributed by atoms with Gasteiger partial charge in [-0.05, 0) is 31.0 Å². The fourth-order valence-electron chi connectivity index (χ4n) is 2.85. The number of halogens is 1. The van der Waals surface area contributed by atoms with Crippen molar-refractivity contribution in [2.45, 2.75) is 31.4 Å². The van der Waals surface area contributed by atoms with Gasteiger partial charge in [0.25, 0.3) is 0 Å². The number of nitrogens with two attached hydrogens (primary N) is 1. The Morgan fingerprint density at radius 1 is 1.33 bits per heavy atom. The highest BCUT2D eigenvalue weighted by molar-refractivity contribution is 9.10. The van der Waals surface area contributed by atoms with Crippen LogP contribution < -0.4 is 10.5 Å². The van der Waals surface area contributed by atoms with Crippen molar-refractivity contribution in [1.82, 2.24) is 0 Å². The van der Waals surface area contributed by atoms with E-state index >= 15 is 0 Å². The molecule has 0 saturated carbocycles. The van der Waals surface area contributed by atoms with Gasteiger partial charge in [-0.2, -0.15) is 0 Å². The minimum Gasteiger partial charge on any atom is -0.490 e. The molecule has 4 heteroatoms. The average molecular weight is 312 g/mol. The quantitative estimate of drug-likeness (QED) is 0.867. The molecule has 2 N–H and O–H groups in total.